The molecule has 0 aliphatic carbocycles. The van der Waals surface area contributed by atoms with Gasteiger partial charge >= 0.3 is 0 Å². The number of nitrogens with zero attached hydrogens (tertiary/aromatic N) is 2. The highest BCUT2D eigenvalue weighted by Crippen LogP contribution is 2.23. The highest BCUT2D eigenvalue weighted by atomic mass is 16.6. The van der Waals surface area contributed by atoms with Gasteiger partial charge in [-0.15, -0.1) is 0 Å². The number of ether oxygens (including phenoxy) is 2. The summed E-state index contributed by atoms with van der Waals surface area (Å²) in [4.78, 5) is 14.6. The van der Waals surface area contributed by atoms with E-state index < -0.39 is 4.92 Å². The second kappa shape index (κ2) is 9.88. The zero-order valence-corrected chi connectivity index (χ0v) is 16.7. The number of nitro groups is 1. The largest absolute Gasteiger partial charge is 0.488 e. The van der Waals surface area contributed by atoms with Gasteiger partial charge in [0.25, 0.3) is 5.69 Å². The zero-order chi connectivity index (χ0) is 20.6. The van der Waals surface area contributed by atoms with Crippen molar-refractivity contribution in [1.29, 1.82) is 0 Å². The van der Waals surface area contributed by atoms with Crippen LogP contribution in [0.25, 0.3) is 0 Å². The predicted octanol–water partition coefficient (Wildman–Crippen LogP) is 2.94. The Bertz CT molecular complexity index is 861. The first-order chi connectivity index (χ1) is 14.0. The van der Waals surface area contributed by atoms with Crippen LogP contribution in [-0.2, 0) is 17.8 Å². The van der Waals surface area contributed by atoms with Crippen LogP contribution in [-0.4, -0.2) is 37.2 Å². The quantitative estimate of drug-likeness (QED) is 0.322. The zero-order valence-electron chi connectivity index (χ0n) is 16.7. The maximum Gasteiger partial charge on any atom is 0.269 e. The average molecular weight is 398 g/mol. The van der Waals surface area contributed by atoms with Crippen LogP contribution in [0.5, 0.6) is 5.75 Å². The van der Waals surface area contributed by atoms with Gasteiger partial charge in [-0.25, -0.2) is 0 Å². The first kappa shape index (κ1) is 20.6. The fraction of sp³-hybridized carbons (Fsp3) is 0.381. The molecular weight excluding hydrogens is 372 g/mol. The fourth-order valence-electron chi connectivity index (χ4n) is 3.02. The van der Waals surface area contributed by atoms with E-state index in [9.17, 15) is 10.1 Å². The molecule has 0 bridgehead atoms. The van der Waals surface area contributed by atoms with Crippen LogP contribution in [0.4, 0.5) is 5.69 Å². The molecule has 0 aromatic heterocycles. The molecule has 2 aromatic carbocycles. The van der Waals surface area contributed by atoms with E-state index in [1.54, 1.807) is 19.2 Å². The minimum Gasteiger partial charge on any atom is -0.488 e. The summed E-state index contributed by atoms with van der Waals surface area (Å²) in [7, 11) is 1.70. The van der Waals surface area contributed by atoms with Crippen LogP contribution in [0.1, 0.15) is 23.1 Å². The molecule has 1 unspecified atom stereocenters. The number of benzene rings is 2. The molecule has 1 aliphatic heterocycles. The second-order valence-corrected chi connectivity index (χ2v) is 6.92. The number of nitrogens with one attached hydrogen (secondary N) is 2. The Kier molecular flexibility index (Phi) is 7.02. The van der Waals surface area contributed by atoms with Crippen molar-refractivity contribution < 1.29 is 14.4 Å². The van der Waals surface area contributed by atoms with Gasteiger partial charge < -0.3 is 20.1 Å². The van der Waals surface area contributed by atoms with E-state index in [1.807, 2.05) is 13.0 Å². The molecule has 1 aliphatic rings. The van der Waals surface area contributed by atoms with Gasteiger partial charge in [0.05, 0.1) is 18.1 Å². The Balaban J connectivity index is 1.56. The molecule has 2 aromatic rings. The third-order valence-electron chi connectivity index (χ3n) is 4.68. The standard InChI is InChI=1S/C21H26N4O4/c1-15-3-6-17(20(11-15)29-19-9-10-28-14-19)13-24-21(22-2)23-12-16-4-7-18(8-5-16)25(26)27/h3-8,11,19H,9-10,12-14H2,1-2H3,(H2,22,23,24). The van der Waals surface area contributed by atoms with Crippen LogP contribution < -0.4 is 15.4 Å². The van der Waals surface area contributed by atoms with Gasteiger partial charge in [0.15, 0.2) is 5.96 Å². The second-order valence-electron chi connectivity index (χ2n) is 6.92. The summed E-state index contributed by atoms with van der Waals surface area (Å²) in [6.45, 7) is 4.47. The summed E-state index contributed by atoms with van der Waals surface area (Å²) >= 11 is 0. The molecule has 1 atom stereocenters. The number of hydrogen-bond acceptors (Lipinski definition) is 5. The molecule has 0 amide bonds. The van der Waals surface area contributed by atoms with Crippen molar-refractivity contribution in [1.82, 2.24) is 10.6 Å². The van der Waals surface area contributed by atoms with Crippen LogP contribution in [0, 0.1) is 17.0 Å². The topological polar surface area (TPSA) is 98.0 Å². The summed E-state index contributed by atoms with van der Waals surface area (Å²) in [6.07, 6.45) is 0.995. The molecule has 3 rings (SSSR count). The first-order valence-electron chi connectivity index (χ1n) is 9.57. The normalized spacial score (nSPS) is 16.5. The maximum atomic E-state index is 10.7. The Labute approximate surface area is 170 Å². The SMILES string of the molecule is CN=C(NCc1ccc([N+](=O)[O-])cc1)NCc1ccc(C)cc1OC1CCOC1. The number of hydrogen-bond donors (Lipinski definition) is 2. The van der Waals surface area contributed by atoms with E-state index in [2.05, 4.69) is 27.8 Å². The number of non-ortho nitro benzene ring substituents is 1. The lowest BCUT2D eigenvalue weighted by Crippen LogP contribution is -2.36. The van der Waals surface area contributed by atoms with Crippen molar-refractivity contribution in [2.75, 3.05) is 20.3 Å². The molecule has 154 valence electrons. The Morgan fingerprint density at radius 3 is 2.66 bits per heavy atom. The number of aryl methyl sites for hydroxylation is 1. The molecule has 29 heavy (non-hydrogen) atoms. The van der Waals surface area contributed by atoms with Gasteiger partial charge in [-0.05, 0) is 24.1 Å². The molecule has 0 spiro atoms. The lowest BCUT2D eigenvalue weighted by atomic mass is 10.1. The Morgan fingerprint density at radius 2 is 2.00 bits per heavy atom. The number of nitro benzene ring substituents is 1. The van der Waals surface area contributed by atoms with Crippen molar-refractivity contribution in [2.45, 2.75) is 32.5 Å². The molecular formula is C21H26N4O4. The van der Waals surface area contributed by atoms with Crippen molar-refractivity contribution in [3.63, 3.8) is 0 Å². The third kappa shape index (κ3) is 5.92. The Hall–Kier alpha value is -3.13. The van der Waals surface area contributed by atoms with Crippen molar-refractivity contribution in [3.05, 3.63) is 69.3 Å². The lowest BCUT2D eigenvalue weighted by Gasteiger charge is -2.18. The summed E-state index contributed by atoms with van der Waals surface area (Å²) in [5.41, 5.74) is 3.19. The van der Waals surface area contributed by atoms with E-state index in [0.29, 0.717) is 25.7 Å². The predicted molar refractivity (Wildman–Crippen MR) is 111 cm³/mol. The summed E-state index contributed by atoms with van der Waals surface area (Å²) in [5.74, 6) is 1.50. The van der Waals surface area contributed by atoms with Crippen LogP contribution in [0.15, 0.2) is 47.5 Å². The van der Waals surface area contributed by atoms with E-state index in [1.165, 1.54) is 12.1 Å². The Morgan fingerprint density at radius 1 is 1.24 bits per heavy atom. The summed E-state index contributed by atoms with van der Waals surface area (Å²) in [6, 6.07) is 12.6. The summed E-state index contributed by atoms with van der Waals surface area (Å²) in [5, 5.41) is 17.3. The van der Waals surface area contributed by atoms with E-state index in [-0.39, 0.29) is 11.8 Å². The molecule has 1 saturated heterocycles. The van der Waals surface area contributed by atoms with E-state index in [0.717, 1.165) is 35.5 Å². The average Bonchev–Trinajstić information content (AvgIpc) is 3.23. The molecule has 1 fully saturated rings. The molecule has 0 saturated carbocycles. The van der Waals surface area contributed by atoms with Crippen LogP contribution in [0.3, 0.4) is 0 Å². The summed E-state index contributed by atoms with van der Waals surface area (Å²) < 4.78 is 11.5. The highest BCUT2D eigenvalue weighted by Gasteiger charge is 2.18. The van der Waals surface area contributed by atoms with Gasteiger partial charge in [0.1, 0.15) is 11.9 Å². The number of guanidine groups is 1. The fourth-order valence-corrected chi connectivity index (χ4v) is 3.02. The minimum atomic E-state index is -0.406. The number of aliphatic imine (C=N–C) groups is 1. The van der Waals surface area contributed by atoms with Gasteiger partial charge in [-0.2, -0.15) is 0 Å². The third-order valence-corrected chi connectivity index (χ3v) is 4.68. The van der Waals surface area contributed by atoms with E-state index >= 15 is 0 Å². The lowest BCUT2D eigenvalue weighted by molar-refractivity contribution is -0.384. The first-order valence-corrected chi connectivity index (χ1v) is 9.57. The molecule has 1 heterocycles. The van der Waals surface area contributed by atoms with Crippen LogP contribution in [0.2, 0.25) is 0 Å². The van der Waals surface area contributed by atoms with Crippen LogP contribution >= 0.6 is 0 Å². The monoisotopic (exact) mass is 398 g/mol. The molecule has 8 heteroatoms. The number of rotatable bonds is 7. The molecule has 0 radical (unpaired) electrons. The van der Waals surface area contributed by atoms with Crippen molar-refractivity contribution in [2.24, 2.45) is 4.99 Å². The van der Waals surface area contributed by atoms with Gasteiger partial charge in [0.2, 0.25) is 0 Å². The van der Waals surface area contributed by atoms with Gasteiger partial charge in [-0.1, -0.05) is 24.3 Å². The van der Waals surface area contributed by atoms with Gasteiger partial charge in [0, 0.05) is 44.3 Å². The van der Waals surface area contributed by atoms with E-state index in [4.69, 9.17) is 9.47 Å². The minimum absolute atomic E-state index is 0.0795. The smallest absolute Gasteiger partial charge is 0.269 e. The van der Waals surface area contributed by atoms with Crippen molar-refractivity contribution >= 4 is 11.6 Å². The van der Waals surface area contributed by atoms with Gasteiger partial charge in [-0.3, -0.25) is 15.1 Å². The van der Waals surface area contributed by atoms with Crippen molar-refractivity contribution in [3.8, 4) is 5.75 Å². The molecule has 2 N–H and O–H groups in total. The maximum absolute atomic E-state index is 10.7. The highest BCUT2D eigenvalue weighted by molar-refractivity contribution is 5.79. The molecule has 8 nitrogen and oxygen atoms in total.